The fourth-order valence-electron chi connectivity index (χ4n) is 0.823. The van der Waals surface area contributed by atoms with Crippen LogP contribution in [0.5, 0.6) is 0 Å². The van der Waals surface area contributed by atoms with E-state index in [0.717, 1.165) is 6.20 Å². The molecule has 0 aromatic carbocycles. The Kier molecular flexibility index (Phi) is 3.91. The molecule has 0 radical (unpaired) electrons. The third-order valence-corrected chi connectivity index (χ3v) is 4.17. The highest BCUT2D eigenvalue weighted by molar-refractivity contribution is 9.10. The molecule has 0 fully saturated rings. The van der Waals surface area contributed by atoms with Gasteiger partial charge < -0.3 is 0 Å². The fourth-order valence-corrected chi connectivity index (χ4v) is 3.84. The van der Waals surface area contributed by atoms with E-state index in [1.165, 1.54) is 0 Å². The van der Waals surface area contributed by atoms with Gasteiger partial charge in [-0.15, -0.1) is 0 Å². The number of aromatic nitrogens is 1. The number of hydrogen-bond donors (Lipinski definition) is 0. The normalized spacial score (nSPS) is 12.1. The predicted molar refractivity (Wildman–Crippen MR) is 54.9 cm³/mol. The van der Waals surface area contributed by atoms with Crippen molar-refractivity contribution >= 4 is 47.3 Å². The predicted octanol–water partition coefficient (Wildman–Crippen LogP) is 3.36. The Hall–Kier alpha value is 0.0200. The molecule has 3 nitrogen and oxygen atoms in total. The highest BCUT2D eigenvalue weighted by Crippen LogP contribution is 2.36. The first-order valence-electron chi connectivity index (χ1n) is 3.32. The maximum Gasteiger partial charge on any atom is 0.266 e. The van der Waals surface area contributed by atoms with Crippen molar-refractivity contribution in [2.24, 2.45) is 0 Å². The molecule has 0 unspecified atom stereocenters. The minimum atomic E-state index is -4.22. The van der Waals surface area contributed by atoms with E-state index in [-0.39, 0.29) is 4.60 Å². The van der Waals surface area contributed by atoms with Gasteiger partial charge in [-0.3, -0.25) is 0 Å². The molecule has 0 aliphatic carbocycles. The average molecular weight is 341 g/mol. The van der Waals surface area contributed by atoms with E-state index < -0.39 is 31.0 Å². The van der Waals surface area contributed by atoms with Crippen LogP contribution in [0.3, 0.4) is 0 Å². The van der Waals surface area contributed by atoms with E-state index in [4.69, 9.17) is 22.3 Å². The van der Waals surface area contributed by atoms with Crippen LogP contribution in [0.25, 0.3) is 0 Å². The van der Waals surface area contributed by atoms with E-state index in [1.54, 1.807) is 0 Å². The lowest BCUT2D eigenvalue weighted by Gasteiger charge is -2.07. The summed E-state index contributed by atoms with van der Waals surface area (Å²) in [5.41, 5.74) is -0.681. The smallest absolute Gasteiger partial charge is 0.247 e. The highest BCUT2D eigenvalue weighted by Gasteiger charge is 2.25. The van der Waals surface area contributed by atoms with E-state index >= 15 is 0 Å². The van der Waals surface area contributed by atoms with Gasteiger partial charge in [-0.2, -0.15) is 0 Å². The molecule has 1 aromatic rings. The van der Waals surface area contributed by atoms with Gasteiger partial charge in [0.25, 0.3) is 15.5 Å². The maximum absolute atomic E-state index is 12.4. The van der Waals surface area contributed by atoms with Crippen molar-refractivity contribution in [3.63, 3.8) is 0 Å². The van der Waals surface area contributed by atoms with Crippen molar-refractivity contribution in [2.75, 3.05) is 0 Å². The zero-order chi connectivity index (χ0) is 11.8. The van der Waals surface area contributed by atoms with Crippen molar-refractivity contribution in [3.05, 3.63) is 21.4 Å². The van der Waals surface area contributed by atoms with Gasteiger partial charge in [-0.25, -0.2) is 22.2 Å². The minimum absolute atomic E-state index is 0.202. The SMILES string of the molecule is O=S(=O)(Cl)c1c(Br)ncc(C(F)F)c1Cl. The molecule has 1 rings (SSSR count). The second-order valence-electron chi connectivity index (χ2n) is 2.39. The van der Waals surface area contributed by atoms with Crippen molar-refractivity contribution < 1.29 is 17.2 Å². The van der Waals surface area contributed by atoms with Gasteiger partial charge in [0.15, 0.2) is 0 Å². The zero-order valence-electron chi connectivity index (χ0n) is 6.72. The second-order valence-corrected chi connectivity index (χ2v) is 6.02. The summed E-state index contributed by atoms with van der Waals surface area (Å²) in [5.74, 6) is 0. The number of halogens is 5. The van der Waals surface area contributed by atoms with Crippen LogP contribution in [0.2, 0.25) is 5.02 Å². The third-order valence-electron chi connectivity index (χ3n) is 1.44. The van der Waals surface area contributed by atoms with Crippen LogP contribution in [0, 0.1) is 0 Å². The third kappa shape index (κ3) is 2.77. The lowest BCUT2D eigenvalue weighted by molar-refractivity contribution is 0.150. The van der Waals surface area contributed by atoms with Crippen molar-refractivity contribution in [1.82, 2.24) is 4.98 Å². The molecule has 9 heteroatoms. The first kappa shape index (κ1) is 13.1. The van der Waals surface area contributed by atoms with E-state index in [1.807, 2.05) is 0 Å². The molecule has 0 aliphatic heterocycles. The standard InChI is InChI=1S/C6H2BrCl2F2NO2S/c7-5-4(15(9,13)14)3(8)2(1-12-5)6(10)11/h1,6H. The van der Waals surface area contributed by atoms with Crippen LogP contribution >= 0.6 is 38.2 Å². The molecule has 0 bridgehead atoms. The number of alkyl halides is 2. The van der Waals surface area contributed by atoms with Crippen LogP contribution < -0.4 is 0 Å². The molecule has 84 valence electrons. The van der Waals surface area contributed by atoms with Crippen molar-refractivity contribution in [3.8, 4) is 0 Å². The summed E-state index contributed by atoms with van der Waals surface area (Å²) in [6, 6.07) is 0. The monoisotopic (exact) mass is 339 g/mol. The first-order chi connectivity index (χ1) is 6.75. The number of rotatable bonds is 2. The molecule has 1 aromatic heterocycles. The molecule has 1 heterocycles. The highest BCUT2D eigenvalue weighted by atomic mass is 79.9. The average Bonchev–Trinajstić information content (AvgIpc) is 2.00. The number of pyridine rings is 1. The van der Waals surface area contributed by atoms with Crippen LogP contribution in [0.1, 0.15) is 12.0 Å². The molecule has 0 N–H and O–H groups in total. The Balaban J connectivity index is 3.59. The Morgan fingerprint density at radius 3 is 2.40 bits per heavy atom. The molecule has 0 saturated heterocycles. The lowest BCUT2D eigenvalue weighted by Crippen LogP contribution is -2.00. The zero-order valence-corrected chi connectivity index (χ0v) is 10.6. The molecule has 15 heavy (non-hydrogen) atoms. The van der Waals surface area contributed by atoms with Gasteiger partial charge in [0.2, 0.25) is 0 Å². The van der Waals surface area contributed by atoms with Gasteiger partial charge in [0.05, 0.1) is 10.6 Å². The van der Waals surface area contributed by atoms with Gasteiger partial charge in [0, 0.05) is 16.9 Å². The van der Waals surface area contributed by atoms with Crippen LogP contribution in [0.4, 0.5) is 8.78 Å². The Bertz CT molecular complexity index is 494. The molecule has 0 atom stereocenters. The molecule has 0 saturated carbocycles. The minimum Gasteiger partial charge on any atom is -0.247 e. The van der Waals surface area contributed by atoms with Crippen LogP contribution in [-0.2, 0) is 9.05 Å². The Morgan fingerprint density at radius 2 is 2.00 bits per heavy atom. The van der Waals surface area contributed by atoms with Gasteiger partial charge in [-0.1, -0.05) is 11.6 Å². The lowest BCUT2D eigenvalue weighted by atomic mass is 10.3. The summed E-state index contributed by atoms with van der Waals surface area (Å²) in [6.07, 6.45) is -2.14. The van der Waals surface area contributed by atoms with E-state index in [0.29, 0.717) is 0 Å². The molecule has 0 spiro atoms. The summed E-state index contributed by atoms with van der Waals surface area (Å²) in [6.45, 7) is 0. The summed E-state index contributed by atoms with van der Waals surface area (Å²) >= 11 is 8.24. The summed E-state index contributed by atoms with van der Waals surface area (Å²) in [5, 5.41) is -0.623. The molecule has 0 aliphatic rings. The van der Waals surface area contributed by atoms with Crippen molar-refractivity contribution in [1.29, 1.82) is 0 Å². The summed E-state index contributed by atoms with van der Waals surface area (Å²) in [7, 11) is 0.796. The molecular weight excluding hydrogens is 339 g/mol. The fraction of sp³-hybridized carbons (Fsp3) is 0.167. The Labute approximate surface area is 102 Å². The second kappa shape index (κ2) is 4.48. The Morgan fingerprint density at radius 1 is 1.47 bits per heavy atom. The van der Waals surface area contributed by atoms with E-state index in [2.05, 4.69) is 20.9 Å². The number of hydrogen-bond acceptors (Lipinski definition) is 3. The quantitative estimate of drug-likeness (QED) is 0.612. The van der Waals surface area contributed by atoms with E-state index in [9.17, 15) is 17.2 Å². The first-order valence-corrected chi connectivity index (χ1v) is 6.80. The van der Waals surface area contributed by atoms with Gasteiger partial charge in [-0.05, 0) is 15.9 Å². The van der Waals surface area contributed by atoms with Crippen LogP contribution in [0.15, 0.2) is 15.7 Å². The maximum atomic E-state index is 12.4. The van der Waals surface area contributed by atoms with Crippen LogP contribution in [-0.4, -0.2) is 13.4 Å². The van der Waals surface area contributed by atoms with Gasteiger partial charge >= 0.3 is 0 Å². The largest absolute Gasteiger partial charge is 0.266 e. The van der Waals surface area contributed by atoms with Gasteiger partial charge in [0.1, 0.15) is 9.50 Å². The topological polar surface area (TPSA) is 47.0 Å². The summed E-state index contributed by atoms with van der Waals surface area (Å²) in [4.78, 5) is 2.77. The summed E-state index contributed by atoms with van der Waals surface area (Å²) < 4.78 is 46.5. The molecule has 0 amide bonds. The molecular formula is C6H2BrCl2F2NO2S. The van der Waals surface area contributed by atoms with Crippen molar-refractivity contribution in [2.45, 2.75) is 11.3 Å². The number of nitrogens with zero attached hydrogens (tertiary/aromatic N) is 1.